The summed E-state index contributed by atoms with van der Waals surface area (Å²) in [6.45, 7) is 3.34. The first-order valence-corrected chi connectivity index (χ1v) is 6.12. The van der Waals surface area contributed by atoms with E-state index in [1.165, 1.54) is 25.3 Å². The van der Waals surface area contributed by atoms with Crippen LogP contribution < -0.4 is 10.1 Å². The maximum atomic E-state index is 12.2. The van der Waals surface area contributed by atoms with Crippen molar-refractivity contribution < 1.29 is 19.6 Å². The number of rotatable bonds is 6. The lowest BCUT2D eigenvalue weighted by atomic mass is 9.99. The number of nitrogens with one attached hydrogen (secondary N) is 1. The van der Waals surface area contributed by atoms with Crippen LogP contribution >= 0.6 is 0 Å². The smallest absolute Gasteiger partial charge is 0.273 e. The van der Waals surface area contributed by atoms with Gasteiger partial charge in [0.15, 0.2) is 0 Å². The standard InChI is InChI=1S/C13H18N2O5/c1-4-13(2,8-16)14-12(17)10-6-5-9(15(18)19)7-11(10)20-3/h5-7,16H,4,8H2,1-3H3,(H,14,17). The molecular weight excluding hydrogens is 264 g/mol. The van der Waals surface area contributed by atoms with E-state index in [2.05, 4.69) is 5.32 Å². The monoisotopic (exact) mass is 282 g/mol. The minimum Gasteiger partial charge on any atom is -0.496 e. The maximum Gasteiger partial charge on any atom is 0.273 e. The molecule has 110 valence electrons. The summed E-state index contributed by atoms with van der Waals surface area (Å²) in [6, 6.07) is 3.76. The van der Waals surface area contributed by atoms with Crippen LogP contribution in [0, 0.1) is 10.1 Å². The van der Waals surface area contributed by atoms with Crippen molar-refractivity contribution in [2.75, 3.05) is 13.7 Å². The van der Waals surface area contributed by atoms with Crippen molar-refractivity contribution in [3.05, 3.63) is 33.9 Å². The van der Waals surface area contributed by atoms with Gasteiger partial charge in [-0.25, -0.2) is 0 Å². The average Bonchev–Trinajstić information content (AvgIpc) is 2.46. The number of carbonyl (C=O) groups excluding carboxylic acids is 1. The Morgan fingerprint density at radius 3 is 2.65 bits per heavy atom. The molecule has 1 unspecified atom stereocenters. The molecule has 0 aliphatic rings. The molecule has 7 heteroatoms. The Morgan fingerprint density at radius 1 is 1.55 bits per heavy atom. The second-order valence-corrected chi connectivity index (χ2v) is 4.67. The molecule has 0 aliphatic carbocycles. The second-order valence-electron chi connectivity index (χ2n) is 4.67. The molecule has 0 fully saturated rings. The fourth-order valence-electron chi connectivity index (χ4n) is 1.56. The highest BCUT2D eigenvalue weighted by Crippen LogP contribution is 2.25. The van der Waals surface area contributed by atoms with Crippen molar-refractivity contribution in [2.45, 2.75) is 25.8 Å². The predicted molar refractivity (Wildman–Crippen MR) is 72.9 cm³/mol. The van der Waals surface area contributed by atoms with E-state index in [1.807, 2.05) is 6.92 Å². The van der Waals surface area contributed by atoms with Crippen LogP contribution in [-0.2, 0) is 0 Å². The Balaban J connectivity index is 3.07. The van der Waals surface area contributed by atoms with Crippen molar-refractivity contribution in [2.24, 2.45) is 0 Å². The molecule has 1 rings (SSSR count). The number of hydrogen-bond donors (Lipinski definition) is 2. The van der Waals surface area contributed by atoms with E-state index in [0.717, 1.165) is 0 Å². The maximum absolute atomic E-state index is 12.2. The van der Waals surface area contributed by atoms with Gasteiger partial charge in [-0.3, -0.25) is 14.9 Å². The van der Waals surface area contributed by atoms with Crippen LogP contribution in [0.15, 0.2) is 18.2 Å². The van der Waals surface area contributed by atoms with Crippen molar-refractivity contribution in [1.82, 2.24) is 5.32 Å². The number of benzene rings is 1. The van der Waals surface area contributed by atoms with E-state index in [0.29, 0.717) is 6.42 Å². The lowest BCUT2D eigenvalue weighted by Gasteiger charge is -2.27. The first-order chi connectivity index (χ1) is 9.36. The number of non-ortho nitro benzene ring substituents is 1. The van der Waals surface area contributed by atoms with E-state index in [1.54, 1.807) is 6.92 Å². The quantitative estimate of drug-likeness (QED) is 0.608. The Morgan fingerprint density at radius 2 is 2.20 bits per heavy atom. The molecule has 0 bridgehead atoms. The highest BCUT2D eigenvalue weighted by molar-refractivity contribution is 5.97. The van der Waals surface area contributed by atoms with Crippen LogP contribution in [0.25, 0.3) is 0 Å². The number of amides is 1. The van der Waals surface area contributed by atoms with Gasteiger partial charge in [0, 0.05) is 6.07 Å². The zero-order valence-electron chi connectivity index (χ0n) is 11.7. The molecule has 1 aromatic rings. The molecule has 0 heterocycles. The summed E-state index contributed by atoms with van der Waals surface area (Å²) in [5, 5.41) is 22.7. The van der Waals surface area contributed by atoms with Gasteiger partial charge in [-0.1, -0.05) is 6.92 Å². The predicted octanol–water partition coefficient (Wildman–Crippen LogP) is 1.49. The summed E-state index contributed by atoms with van der Waals surface area (Å²) < 4.78 is 5.01. The van der Waals surface area contributed by atoms with Crippen LogP contribution in [0.3, 0.4) is 0 Å². The second kappa shape index (κ2) is 6.33. The highest BCUT2D eigenvalue weighted by Gasteiger charge is 2.26. The molecule has 0 aromatic heterocycles. The van der Waals surface area contributed by atoms with Gasteiger partial charge in [-0.15, -0.1) is 0 Å². The third kappa shape index (κ3) is 3.45. The molecule has 0 saturated heterocycles. The first kappa shape index (κ1) is 15.9. The van der Waals surface area contributed by atoms with Crippen molar-refractivity contribution in [1.29, 1.82) is 0 Å². The molecule has 7 nitrogen and oxygen atoms in total. The Labute approximate surface area is 116 Å². The third-order valence-corrected chi connectivity index (χ3v) is 3.19. The highest BCUT2D eigenvalue weighted by atomic mass is 16.6. The molecule has 1 aromatic carbocycles. The van der Waals surface area contributed by atoms with Gasteiger partial charge in [0.05, 0.1) is 35.8 Å². The number of aliphatic hydroxyl groups excluding tert-OH is 1. The molecule has 0 saturated carbocycles. The van der Waals surface area contributed by atoms with Crippen molar-refractivity contribution >= 4 is 11.6 Å². The van der Waals surface area contributed by atoms with Crippen LogP contribution in [0.1, 0.15) is 30.6 Å². The number of nitro benzene ring substituents is 1. The van der Waals surface area contributed by atoms with Crippen molar-refractivity contribution in [3.63, 3.8) is 0 Å². The molecule has 2 N–H and O–H groups in total. The fraction of sp³-hybridized carbons (Fsp3) is 0.462. The van der Waals surface area contributed by atoms with Crippen LogP contribution in [-0.4, -0.2) is 35.2 Å². The van der Waals surface area contributed by atoms with Gasteiger partial charge in [0.25, 0.3) is 11.6 Å². The number of ether oxygens (including phenoxy) is 1. The topological polar surface area (TPSA) is 102 Å². The summed E-state index contributed by atoms with van der Waals surface area (Å²) in [7, 11) is 1.33. The summed E-state index contributed by atoms with van der Waals surface area (Å²) in [6.07, 6.45) is 0.546. The molecule has 1 atom stereocenters. The third-order valence-electron chi connectivity index (χ3n) is 3.19. The largest absolute Gasteiger partial charge is 0.496 e. The lowest BCUT2D eigenvalue weighted by molar-refractivity contribution is -0.384. The zero-order chi connectivity index (χ0) is 15.3. The number of carbonyl (C=O) groups is 1. The number of nitrogens with zero attached hydrogens (tertiary/aromatic N) is 1. The Hall–Kier alpha value is -2.15. The van der Waals surface area contributed by atoms with Crippen molar-refractivity contribution in [3.8, 4) is 5.75 Å². The molecule has 20 heavy (non-hydrogen) atoms. The van der Waals surface area contributed by atoms with E-state index in [-0.39, 0.29) is 23.6 Å². The first-order valence-electron chi connectivity index (χ1n) is 6.12. The average molecular weight is 282 g/mol. The van der Waals surface area contributed by atoms with Gasteiger partial charge < -0.3 is 15.2 Å². The van der Waals surface area contributed by atoms with Gasteiger partial charge in [0.2, 0.25) is 0 Å². The van der Waals surface area contributed by atoms with Gasteiger partial charge >= 0.3 is 0 Å². The van der Waals surface area contributed by atoms with Gasteiger partial charge in [0.1, 0.15) is 5.75 Å². The van der Waals surface area contributed by atoms with E-state index in [9.17, 15) is 20.0 Å². The van der Waals surface area contributed by atoms with E-state index >= 15 is 0 Å². The molecule has 0 aliphatic heterocycles. The van der Waals surface area contributed by atoms with E-state index < -0.39 is 16.4 Å². The van der Waals surface area contributed by atoms with Gasteiger partial charge in [-0.05, 0) is 19.4 Å². The number of methoxy groups -OCH3 is 1. The van der Waals surface area contributed by atoms with E-state index in [4.69, 9.17) is 4.74 Å². The SMILES string of the molecule is CCC(C)(CO)NC(=O)c1ccc([N+](=O)[O-])cc1OC. The molecular formula is C13H18N2O5. The van der Waals surface area contributed by atoms with Crippen LogP contribution in [0.4, 0.5) is 5.69 Å². The Bertz CT molecular complexity index is 511. The molecule has 1 amide bonds. The summed E-state index contributed by atoms with van der Waals surface area (Å²) in [5.41, 5.74) is -0.714. The minimum absolute atomic E-state index is 0.119. The number of nitro groups is 1. The number of aliphatic hydroxyl groups is 1. The number of hydrogen-bond acceptors (Lipinski definition) is 5. The summed E-state index contributed by atoms with van der Waals surface area (Å²) >= 11 is 0. The molecule has 0 spiro atoms. The van der Waals surface area contributed by atoms with Crippen LogP contribution in [0.5, 0.6) is 5.75 Å². The summed E-state index contributed by atoms with van der Waals surface area (Å²) in [5.74, 6) is -0.330. The summed E-state index contributed by atoms with van der Waals surface area (Å²) in [4.78, 5) is 22.3. The fourth-order valence-corrected chi connectivity index (χ4v) is 1.56. The Kier molecular flexibility index (Phi) is 5.04. The normalized spacial score (nSPS) is 13.4. The molecule has 0 radical (unpaired) electrons. The van der Waals surface area contributed by atoms with Crippen LogP contribution in [0.2, 0.25) is 0 Å². The zero-order valence-corrected chi connectivity index (χ0v) is 11.7. The minimum atomic E-state index is -0.746. The van der Waals surface area contributed by atoms with Gasteiger partial charge in [-0.2, -0.15) is 0 Å². The lowest BCUT2D eigenvalue weighted by Crippen LogP contribution is -2.48.